The first-order valence-corrected chi connectivity index (χ1v) is 3.63. The van der Waals surface area contributed by atoms with E-state index >= 15 is 0 Å². The zero-order chi connectivity index (χ0) is 6.69. The highest BCUT2D eigenvalue weighted by Gasteiger charge is 2.19. The quantitative estimate of drug-likeness (QED) is 0.497. The molecular formula is C7H13FO. The molecule has 0 amide bonds. The molecule has 0 aromatic heterocycles. The number of halogens is 1. The van der Waals surface area contributed by atoms with E-state index in [9.17, 15) is 4.39 Å². The van der Waals surface area contributed by atoms with Crippen LogP contribution in [0.5, 0.6) is 0 Å². The second-order valence-corrected chi connectivity index (χ2v) is 2.72. The van der Waals surface area contributed by atoms with Crippen LogP contribution in [-0.4, -0.2) is 17.4 Å². The summed E-state index contributed by atoms with van der Waals surface area (Å²) in [6, 6.07) is 0. The normalized spacial score (nSPS) is 38.0. The summed E-state index contributed by atoms with van der Waals surface area (Å²) in [7, 11) is 0. The van der Waals surface area contributed by atoms with Gasteiger partial charge in [0.15, 0.2) is 0 Å². The summed E-state index contributed by atoms with van der Waals surface area (Å²) in [5, 5.41) is 8.98. The number of aliphatic hydroxyl groups is 1. The van der Waals surface area contributed by atoms with Crippen LogP contribution in [0.15, 0.2) is 0 Å². The lowest BCUT2D eigenvalue weighted by Crippen LogP contribution is -2.19. The smallest absolute Gasteiger partial charge is 0.126 e. The Bertz CT molecular complexity index is 75.0. The standard InChI is InChI=1S/C7H13FO/c8-6-4-2-1-3-5-7(6)9/h6-7,9H,1-5H2/t6?,7-/m1/s1. The summed E-state index contributed by atoms with van der Waals surface area (Å²) in [5.41, 5.74) is 0. The number of rotatable bonds is 0. The van der Waals surface area contributed by atoms with Gasteiger partial charge in [-0.25, -0.2) is 4.39 Å². The van der Waals surface area contributed by atoms with Gasteiger partial charge < -0.3 is 5.11 Å². The van der Waals surface area contributed by atoms with Crippen LogP contribution in [0, 0.1) is 0 Å². The molecule has 0 heterocycles. The van der Waals surface area contributed by atoms with E-state index in [0.29, 0.717) is 12.8 Å². The molecule has 1 saturated carbocycles. The van der Waals surface area contributed by atoms with Gasteiger partial charge in [-0.05, 0) is 12.8 Å². The first-order chi connectivity index (χ1) is 4.30. The first-order valence-electron chi connectivity index (χ1n) is 3.63. The second-order valence-electron chi connectivity index (χ2n) is 2.72. The van der Waals surface area contributed by atoms with Gasteiger partial charge in [0, 0.05) is 0 Å². The molecule has 1 rings (SSSR count). The van der Waals surface area contributed by atoms with Crippen LogP contribution < -0.4 is 0 Å². The molecule has 2 heteroatoms. The minimum absolute atomic E-state index is 0.557. The fourth-order valence-corrected chi connectivity index (χ4v) is 1.24. The van der Waals surface area contributed by atoms with Gasteiger partial charge in [0.1, 0.15) is 6.17 Å². The van der Waals surface area contributed by atoms with E-state index in [0.717, 1.165) is 19.3 Å². The van der Waals surface area contributed by atoms with E-state index in [1.165, 1.54) is 0 Å². The average molecular weight is 132 g/mol. The zero-order valence-electron chi connectivity index (χ0n) is 5.52. The molecule has 1 unspecified atom stereocenters. The average Bonchev–Trinajstić information content (AvgIpc) is 1.99. The molecule has 2 atom stereocenters. The van der Waals surface area contributed by atoms with Crippen molar-refractivity contribution < 1.29 is 9.50 Å². The molecule has 1 fully saturated rings. The molecule has 54 valence electrons. The van der Waals surface area contributed by atoms with Crippen LogP contribution in [0.2, 0.25) is 0 Å². The predicted molar refractivity (Wildman–Crippen MR) is 34.0 cm³/mol. The maximum Gasteiger partial charge on any atom is 0.126 e. The third-order valence-corrected chi connectivity index (χ3v) is 1.90. The first kappa shape index (κ1) is 7.00. The van der Waals surface area contributed by atoms with Crippen LogP contribution in [-0.2, 0) is 0 Å². The second kappa shape index (κ2) is 3.16. The monoisotopic (exact) mass is 132 g/mol. The van der Waals surface area contributed by atoms with E-state index < -0.39 is 12.3 Å². The Morgan fingerprint density at radius 2 is 1.78 bits per heavy atom. The van der Waals surface area contributed by atoms with Crippen molar-refractivity contribution in [2.75, 3.05) is 0 Å². The zero-order valence-corrected chi connectivity index (χ0v) is 5.52. The number of aliphatic hydroxyl groups excluding tert-OH is 1. The minimum Gasteiger partial charge on any atom is -0.390 e. The highest BCUT2D eigenvalue weighted by atomic mass is 19.1. The summed E-state index contributed by atoms with van der Waals surface area (Å²) in [6.45, 7) is 0. The molecule has 0 aliphatic heterocycles. The van der Waals surface area contributed by atoms with E-state index in [-0.39, 0.29) is 0 Å². The van der Waals surface area contributed by atoms with E-state index in [1.54, 1.807) is 0 Å². The van der Waals surface area contributed by atoms with Crippen LogP contribution in [0.25, 0.3) is 0 Å². The Morgan fingerprint density at radius 1 is 1.11 bits per heavy atom. The lowest BCUT2D eigenvalue weighted by molar-refractivity contribution is 0.0724. The van der Waals surface area contributed by atoms with Crippen LogP contribution in [0.1, 0.15) is 32.1 Å². The molecule has 1 aliphatic rings. The van der Waals surface area contributed by atoms with Crippen molar-refractivity contribution in [3.63, 3.8) is 0 Å². The summed E-state index contributed by atoms with van der Waals surface area (Å²) in [6.07, 6.45) is 2.60. The fraction of sp³-hybridized carbons (Fsp3) is 1.00. The Balaban J connectivity index is 2.32. The van der Waals surface area contributed by atoms with Crippen LogP contribution >= 0.6 is 0 Å². The molecule has 0 bridgehead atoms. The van der Waals surface area contributed by atoms with Crippen molar-refractivity contribution in [3.8, 4) is 0 Å². The largest absolute Gasteiger partial charge is 0.390 e. The molecule has 0 radical (unpaired) electrons. The summed E-state index contributed by atoms with van der Waals surface area (Å²) in [4.78, 5) is 0. The van der Waals surface area contributed by atoms with E-state index in [2.05, 4.69) is 0 Å². The van der Waals surface area contributed by atoms with Gasteiger partial charge in [0.25, 0.3) is 0 Å². The third kappa shape index (κ3) is 1.94. The van der Waals surface area contributed by atoms with Gasteiger partial charge >= 0.3 is 0 Å². The van der Waals surface area contributed by atoms with Crippen molar-refractivity contribution in [1.82, 2.24) is 0 Å². The summed E-state index contributed by atoms with van der Waals surface area (Å²) >= 11 is 0. The highest BCUT2D eigenvalue weighted by Crippen LogP contribution is 2.19. The van der Waals surface area contributed by atoms with Gasteiger partial charge in [-0.2, -0.15) is 0 Å². The number of alkyl halides is 1. The Kier molecular flexibility index (Phi) is 2.46. The van der Waals surface area contributed by atoms with Crippen LogP contribution in [0.3, 0.4) is 0 Å². The Labute approximate surface area is 54.9 Å². The molecule has 1 N–H and O–H groups in total. The van der Waals surface area contributed by atoms with Gasteiger partial charge in [-0.15, -0.1) is 0 Å². The van der Waals surface area contributed by atoms with Crippen molar-refractivity contribution in [1.29, 1.82) is 0 Å². The number of hydrogen-bond acceptors (Lipinski definition) is 1. The Hall–Kier alpha value is -0.110. The summed E-state index contributed by atoms with van der Waals surface area (Å²) in [5.74, 6) is 0. The lowest BCUT2D eigenvalue weighted by atomic mass is 10.1. The predicted octanol–water partition coefficient (Wildman–Crippen LogP) is 1.65. The lowest BCUT2D eigenvalue weighted by Gasteiger charge is -2.09. The van der Waals surface area contributed by atoms with Gasteiger partial charge in [0.2, 0.25) is 0 Å². The van der Waals surface area contributed by atoms with E-state index in [1.807, 2.05) is 0 Å². The molecule has 0 spiro atoms. The molecule has 0 saturated heterocycles. The SMILES string of the molecule is O[C@@H]1CCCCCC1F. The summed E-state index contributed by atoms with van der Waals surface area (Å²) < 4.78 is 12.6. The molecule has 0 aromatic carbocycles. The maximum absolute atomic E-state index is 12.6. The van der Waals surface area contributed by atoms with Gasteiger partial charge in [0.05, 0.1) is 6.10 Å². The van der Waals surface area contributed by atoms with Crippen molar-refractivity contribution in [2.24, 2.45) is 0 Å². The fourth-order valence-electron chi connectivity index (χ4n) is 1.24. The van der Waals surface area contributed by atoms with Gasteiger partial charge in [-0.1, -0.05) is 19.3 Å². The topological polar surface area (TPSA) is 20.2 Å². The molecule has 1 nitrogen and oxygen atoms in total. The minimum atomic E-state index is -0.951. The van der Waals surface area contributed by atoms with Crippen molar-refractivity contribution >= 4 is 0 Å². The molecule has 9 heavy (non-hydrogen) atoms. The molecule has 1 aliphatic carbocycles. The van der Waals surface area contributed by atoms with Crippen LogP contribution in [0.4, 0.5) is 4.39 Å². The third-order valence-electron chi connectivity index (χ3n) is 1.90. The van der Waals surface area contributed by atoms with Gasteiger partial charge in [-0.3, -0.25) is 0 Å². The molecular weight excluding hydrogens is 119 g/mol. The van der Waals surface area contributed by atoms with Crippen molar-refractivity contribution in [2.45, 2.75) is 44.4 Å². The Morgan fingerprint density at radius 3 is 2.56 bits per heavy atom. The van der Waals surface area contributed by atoms with E-state index in [4.69, 9.17) is 5.11 Å². The van der Waals surface area contributed by atoms with Crippen molar-refractivity contribution in [3.05, 3.63) is 0 Å². The number of hydrogen-bond donors (Lipinski definition) is 1. The maximum atomic E-state index is 12.6. The highest BCUT2D eigenvalue weighted by molar-refractivity contribution is 4.71. The molecule has 0 aromatic rings.